The quantitative estimate of drug-likeness (QED) is 0.776. The molecule has 1 fully saturated rings. The second-order valence-corrected chi connectivity index (χ2v) is 4.32. The zero-order valence-corrected chi connectivity index (χ0v) is 9.24. The standard InChI is InChI=1S/C11H13ClFNO/c1-6-4-8(13)11(15)9(10(6)12)7-2-3-14-5-7/h4,7,14-15H,2-3,5H2,1H3. The molecule has 2 nitrogen and oxygen atoms in total. The van der Waals surface area contributed by atoms with Crippen LogP contribution in [-0.2, 0) is 0 Å². The minimum Gasteiger partial charge on any atom is -0.505 e. The van der Waals surface area contributed by atoms with Gasteiger partial charge in [-0.3, -0.25) is 0 Å². The summed E-state index contributed by atoms with van der Waals surface area (Å²) in [6.07, 6.45) is 0.885. The Hall–Kier alpha value is -0.800. The molecule has 0 aromatic heterocycles. The minimum absolute atomic E-state index is 0.117. The van der Waals surface area contributed by atoms with Crippen molar-refractivity contribution in [2.24, 2.45) is 0 Å². The van der Waals surface area contributed by atoms with Gasteiger partial charge in [-0.2, -0.15) is 0 Å². The molecule has 1 unspecified atom stereocenters. The predicted octanol–water partition coefficient (Wildman–Crippen LogP) is 2.57. The summed E-state index contributed by atoms with van der Waals surface area (Å²) in [5.41, 5.74) is 1.23. The van der Waals surface area contributed by atoms with Gasteiger partial charge in [0.25, 0.3) is 0 Å². The molecule has 1 aromatic carbocycles. The third-order valence-electron chi connectivity index (χ3n) is 2.88. The van der Waals surface area contributed by atoms with Gasteiger partial charge in [-0.1, -0.05) is 11.6 Å². The Bertz CT molecular complexity index is 362. The highest BCUT2D eigenvalue weighted by Gasteiger charge is 2.25. The fourth-order valence-corrected chi connectivity index (χ4v) is 2.34. The Morgan fingerprint density at radius 1 is 1.60 bits per heavy atom. The average molecular weight is 230 g/mol. The van der Waals surface area contributed by atoms with Crippen LogP contribution >= 0.6 is 11.6 Å². The monoisotopic (exact) mass is 229 g/mol. The van der Waals surface area contributed by atoms with Gasteiger partial charge in [0.15, 0.2) is 11.6 Å². The third kappa shape index (κ3) is 1.82. The molecule has 0 bridgehead atoms. The normalized spacial score (nSPS) is 20.9. The van der Waals surface area contributed by atoms with Gasteiger partial charge in [-0.15, -0.1) is 0 Å². The summed E-state index contributed by atoms with van der Waals surface area (Å²) in [4.78, 5) is 0. The first kappa shape index (κ1) is 10.7. The van der Waals surface area contributed by atoms with Gasteiger partial charge in [0.1, 0.15) is 0 Å². The van der Waals surface area contributed by atoms with E-state index in [0.717, 1.165) is 19.5 Å². The van der Waals surface area contributed by atoms with E-state index in [4.69, 9.17) is 11.6 Å². The smallest absolute Gasteiger partial charge is 0.165 e. The van der Waals surface area contributed by atoms with E-state index in [0.29, 0.717) is 16.1 Å². The van der Waals surface area contributed by atoms with Crippen LogP contribution in [0.25, 0.3) is 0 Å². The van der Waals surface area contributed by atoms with E-state index in [-0.39, 0.29) is 11.7 Å². The van der Waals surface area contributed by atoms with Crippen molar-refractivity contribution in [1.82, 2.24) is 5.32 Å². The highest BCUT2D eigenvalue weighted by molar-refractivity contribution is 6.32. The first-order valence-corrected chi connectivity index (χ1v) is 5.37. The lowest BCUT2D eigenvalue weighted by molar-refractivity contribution is 0.421. The van der Waals surface area contributed by atoms with Crippen LogP contribution in [0.15, 0.2) is 6.07 Å². The molecule has 0 aliphatic carbocycles. The van der Waals surface area contributed by atoms with Crippen molar-refractivity contribution >= 4 is 11.6 Å². The van der Waals surface area contributed by atoms with Crippen LogP contribution in [0.2, 0.25) is 5.02 Å². The van der Waals surface area contributed by atoms with Crippen LogP contribution in [-0.4, -0.2) is 18.2 Å². The molecule has 1 heterocycles. The highest BCUT2D eigenvalue weighted by Crippen LogP contribution is 2.39. The van der Waals surface area contributed by atoms with Crippen LogP contribution in [0.4, 0.5) is 4.39 Å². The molecule has 4 heteroatoms. The first-order chi connectivity index (χ1) is 7.11. The van der Waals surface area contributed by atoms with Crippen LogP contribution in [0.1, 0.15) is 23.5 Å². The molecule has 0 amide bonds. The summed E-state index contributed by atoms with van der Waals surface area (Å²) in [5, 5.41) is 13.3. The second-order valence-electron chi connectivity index (χ2n) is 3.94. The molecular formula is C11H13ClFNO. The molecular weight excluding hydrogens is 217 g/mol. The van der Waals surface area contributed by atoms with E-state index in [2.05, 4.69) is 5.32 Å². The van der Waals surface area contributed by atoms with Crippen molar-refractivity contribution in [2.45, 2.75) is 19.3 Å². The lowest BCUT2D eigenvalue weighted by atomic mass is 9.95. The van der Waals surface area contributed by atoms with Crippen molar-refractivity contribution in [1.29, 1.82) is 0 Å². The van der Waals surface area contributed by atoms with Crippen molar-refractivity contribution in [3.05, 3.63) is 28.0 Å². The van der Waals surface area contributed by atoms with E-state index < -0.39 is 5.82 Å². The fourth-order valence-electron chi connectivity index (χ4n) is 2.04. The Morgan fingerprint density at radius 3 is 2.93 bits per heavy atom. The lowest BCUT2D eigenvalue weighted by Gasteiger charge is -2.15. The molecule has 1 aromatic rings. The van der Waals surface area contributed by atoms with E-state index >= 15 is 0 Å². The second kappa shape index (κ2) is 3.99. The maximum absolute atomic E-state index is 13.3. The van der Waals surface area contributed by atoms with E-state index in [9.17, 15) is 9.50 Å². The molecule has 1 saturated heterocycles. The van der Waals surface area contributed by atoms with Crippen molar-refractivity contribution in [3.63, 3.8) is 0 Å². The number of hydrogen-bond acceptors (Lipinski definition) is 2. The molecule has 15 heavy (non-hydrogen) atoms. The fraction of sp³-hybridized carbons (Fsp3) is 0.455. The zero-order valence-electron chi connectivity index (χ0n) is 8.48. The molecule has 82 valence electrons. The highest BCUT2D eigenvalue weighted by atomic mass is 35.5. The van der Waals surface area contributed by atoms with Gasteiger partial charge in [0.2, 0.25) is 0 Å². The van der Waals surface area contributed by atoms with Gasteiger partial charge in [0.05, 0.1) is 5.02 Å². The number of phenols is 1. The predicted molar refractivity (Wildman–Crippen MR) is 58.0 cm³/mol. The van der Waals surface area contributed by atoms with Gasteiger partial charge in [0, 0.05) is 18.0 Å². The number of benzene rings is 1. The Balaban J connectivity index is 2.52. The molecule has 1 aliphatic rings. The summed E-state index contributed by atoms with van der Waals surface area (Å²) < 4.78 is 13.3. The maximum atomic E-state index is 13.3. The third-order valence-corrected chi connectivity index (χ3v) is 3.38. The van der Waals surface area contributed by atoms with Crippen LogP contribution in [0.5, 0.6) is 5.75 Å². The molecule has 2 rings (SSSR count). The lowest BCUT2D eigenvalue weighted by Crippen LogP contribution is -2.09. The topological polar surface area (TPSA) is 32.3 Å². The number of nitrogens with one attached hydrogen (secondary N) is 1. The number of aryl methyl sites for hydroxylation is 1. The average Bonchev–Trinajstić information content (AvgIpc) is 2.69. The van der Waals surface area contributed by atoms with Crippen molar-refractivity contribution in [2.75, 3.05) is 13.1 Å². The van der Waals surface area contributed by atoms with Gasteiger partial charge < -0.3 is 10.4 Å². The molecule has 2 N–H and O–H groups in total. The summed E-state index contributed by atoms with van der Waals surface area (Å²) in [6.45, 7) is 3.38. The Morgan fingerprint density at radius 2 is 2.33 bits per heavy atom. The minimum atomic E-state index is -0.584. The number of halogens is 2. The van der Waals surface area contributed by atoms with Gasteiger partial charge >= 0.3 is 0 Å². The first-order valence-electron chi connectivity index (χ1n) is 4.99. The SMILES string of the molecule is Cc1cc(F)c(O)c(C2CCNC2)c1Cl. The van der Waals surface area contributed by atoms with E-state index in [1.165, 1.54) is 6.07 Å². The largest absolute Gasteiger partial charge is 0.505 e. The zero-order chi connectivity index (χ0) is 11.0. The number of rotatable bonds is 1. The van der Waals surface area contributed by atoms with E-state index in [1.807, 2.05) is 0 Å². The summed E-state index contributed by atoms with van der Waals surface area (Å²) in [5.74, 6) is -0.759. The van der Waals surface area contributed by atoms with Crippen LogP contribution in [0, 0.1) is 12.7 Å². The summed E-state index contributed by atoms with van der Waals surface area (Å²) >= 11 is 6.10. The van der Waals surface area contributed by atoms with Crippen LogP contribution in [0.3, 0.4) is 0 Å². The van der Waals surface area contributed by atoms with E-state index in [1.54, 1.807) is 6.92 Å². The molecule has 0 spiro atoms. The van der Waals surface area contributed by atoms with Crippen molar-refractivity contribution < 1.29 is 9.50 Å². The number of hydrogen-bond donors (Lipinski definition) is 2. The van der Waals surface area contributed by atoms with Crippen molar-refractivity contribution in [3.8, 4) is 5.75 Å². The van der Waals surface area contributed by atoms with Crippen LogP contribution < -0.4 is 5.32 Å². The molecule has 1 atom stereocenters. The molecule has 0 saturated carbocycles. The number of aromatic hydroxyl groups is 1. The van der Waals surface area contributed by atoms with Gasteiger partial charge in [-0.25, -0.2) is 4.39 Å². The van der Waals surface area contributed by atoms with Gasteiger partial charge in [-0.05, 0) is 31.5 Å². The molecule has 0 radical (unpaired) electrons. The summed E-state index contributed by atoms with van der Waals surface area (Å²) in [7, 11) is 0. The Kier molecular flexibility index (Phi) is 2.85. The Labute approximate surface area is 93.1 Å². The number of phenolic OH excluding ortho intramolecular Hbond substituents is 1. The maximum Gasteiger partial charge on any atom is 0.165 e. The molecule has 1 aliphatic heterocycles. The summed E-state index contributed by atoms with van der Waals surface area (Å²) in [6, 6.07) is 1.27.